The van der Waals surface area contributed by atoms with E-state index in [0.29, 0.717) is 5.56 Å². The van der Waals surface area contributed by atoms with Gasteiger partial charge in [0.15, 0.2) is 0 Å². The summed E-state index contributed by atoms with van der Waals surface area (Å²) in [5.41, 5.74) is -0.600. The Balaban J connectivity index is 3.02. The Bertz CT molecular complexity index is 396. The van der Waals surface area contributed by atoms with Gasteiger partial charge in [-0.25, -0.2) is 0 Å². The van der Waals surface area contributed by atoms with Crippen LogP contribution >= 0.6 is 0 Å². The van der Waals surface area contributed by atoms with E-state index < -0.39 is 18.2 Å². The Kier molecular flexibility index (Phi) is 4.43. The lowest BCUT2D eigenvalue weighted by atomic mass is 9.88. The van der Waals surface area contributed by atoms with Gasteiger partial charge in [0.05, 0.1) is 12.0 Å². The lowest BCUT2D eigenvalue weighted by Crippen LogP contribution is -2.29. The summed E-state index contributed by atoms with van der Waals surface area (Å²) in [6.07, 6.45) is -4.70. The zero-order chi connectivity index (χ0) is 14.0. The number of hydrogen-bond donors (Lipinski definition) is 1. The Hall–Kier alpha value is -1.03. The molecule has 0 amide bonds. The number of halogens is 3. The first-order valence-electron chi connectivity index (χ1n) is 6.05. The van der Waals surface area contributed by atoms with Crippen LogP contribution in [0.5, 0.6) is 0 Å². The van der Waals surface area contributed by atoms with Gasteiger partial charge in [0.1, 0.15) is 0 Å². The van der Waals surface area contributed by atoms with Crippen molar-refractivity contribution in [2.45, 2.75) is 51.3 Å². The fraction of sp³-hybridized carbons (Fsp3) is 0.571. The lowest BCUT2D eigenvalue weighted by molar-refractivity contribution is -0.174. The quantitative estimate of drug-likeness (QED) is 0.852. The van der Waals surface area contributed by atoms with E-state index in [9.17, 15) is 18.3 Å². The SMILES string of the molecule is CCC(C)c1cccc(C(C)(O)CC(F)(F)F)c1. The number of aliphatic hydroxyl groups is 1. The van der Waals surface area contributed by atoms with E-state index in [2.05, 4.69) is 0 Å². The van der Waals surface area contributed by atoms with Crippen molar-refractivity contribution in [3.05, 3.63) is 35.4 Å². The molecule has 0 bridgehead atoms. The average Bonchev–Trinajstić information content (AvgIpc) is 2.25. The summed E-state index contributed by atoms with van der Waals surface area (Å²) < 4.78 is 37.2. The van der Waals surface area contributed by atoms with E-state index in [-0.39, 0.29) is 5.92 Å². The highest BCUT2D eigenvalue weighted by Gasteiger charge is 2.39. The van der Waals surface area contributed by atoms with Gasteiger partial charge < -0.3 is 5.11 Å². The molecule has 0 spiro atoms. The maximum absolute atomic E-state index is 12.4. The number of hydrogen-bond acceptors (Lipinski definition) is 1. The smallest absolute Gasteiger partial charge is 0.385 e. The van der Waals surface area contributed by atoms with Crippen molar-refractivity contribution in [3.63, 3.8) is 0 Å². The molecular weight excluding hydrogens is 241 g/mol. The average molecular weight is 260 g/mol. The van der Waals surface area contributed by atoms with Crippen LogP contribution in [0.15, 0.2) is 24.3 Å². The predicted molar refractivity (Wildman–Crippen MR) is 65.4 cm³/mol. The van der Waals surface area contributed by atoms with Crippen LogP contribution in [-0.2, 0) is 5.60 Å². The van der Waals surface area contributed by atoms with Gasteiger partial charge in [-0.1, -0.05) is 38.1 Å². The van der Waals surface area contributed by atoms with Crippen molar-refractivity contribution in [3.8, 4) is 0 Å². The fourth-order valence-corrected chi connectivity index (χ4v) is 1.91. The maximum Gasteiger partial charge on any atom is 0.392 e. The first kappa shape index (κ1) is 15.0. The van der Waals surface area contributed by atoms with Crippen LogP contribution in [-0.4, -0.2) is 11.3 Å². The first-order valence-corrected chi connectivity index (χ1v) is 6.05. The highest BCUT2D eigenvalue weighted by Crippen LogP contribution is 2.35. The Morgan fingerprint density at radius 2 is 1.89 bits per heavy atom. The zero-order valence-corrected chi connectivity index (χ0v) is 10.9. The van der Waals surface area contributed by atoms with Crippen LogP contribution in [0.3, 0.4) is 0 Å². The summed E-state index contributed by atoms with van der Waals surface area (Å²) in [6, 6.07) is 6.78. The van der Waals surface area contributed by atoms with Crippen LogP contribution in [0.25, 0.3) is 0 Å². The third kappa shape index (κ3) is 4.02. The van der Waals surface area contributed by atoms with Gasteiger partial charge in [-0.05, 0) is 30.4 Å². The molecule has 2 unspecified atom stereocenters. The van der Waals surface area contributed by atoms with E-state index >= 15 is 0 Å². The molecule has 0 aromatic heterocycles. The maximum atomic E-state index is 12.4. The molecule has 1 N–H and O–H groups in total. The third-order valence-electron chi connectivity index (χ3n) is 3.23. The molecule has 4 heteroatoms. The largest absolute Gasteiger partial charge is 0.392 e. The molecule has 0 heterocycles. The standard InChI is InChI=1S/C14H19F3O/c1-4-10(2)11-6-5-7-12(8-11)13(3,18)9-14(15,16)17/h5-8,10,18H,4,9H2,1-3H3. The van der Waals surface area contributed by atoms with Crippen LogP contribution < -0.4 is 0 Å². The van der Waals surface area contributed by atoms with Crippen molar-refractivity contribution in [1.82, 2.24) is 0 Å². The van der Waals surface area contributed by atoms with Crippen LogP contribution in [0, 0.1) is 0 Å². The van der Waals surface area contributed by atoms with E-state index in [1.165, 1.54) is 13.0 Å². The van der Waals surface area contributed by atoms with Crippen LogP contribution in [0.4, 0.5) is 13.2 Å². The molecule has 0 saturated heterocycles. The number of benzene rings is 1. The predicted octanol–water partition coefficient (Wildman–Crippen LogP) is 4.36. The molecule has 1 aromatic carbocycles. The molecule has 18 heavy (non-hydrogen) atoms. The van der Waals surface area contributed by atoms with Gasteiger partial charge in [-0.3, -0.25) is 0 Å². The van der Waals surface area contributed by atoms with Crippen molar-refractivity contribution in [1.29, 1.82) is 0 Å². The molecule has 1 rings (SSSR count). The summed E-state index contributed by atoms with van der Waals surface area (Å²) in [7, 11) is 0. The molecule has 0 fully saturated rings. The normalized spacial score (nSPS) is 17.3. The van der Waals surface area contributed by atoms with Crippen molar-refractivity contribution < 1.29 is 18.3 Å². The minimum Gasteiger partial charge on any atom is -0.385 e. The second kappa shape index (κ2) is 5.31. The Morgan fingerprint density at radius 3 is 2.39 bits per heavy atom. The molecule has 0 aliphatic carbocycles. The number of alkyl halides is 3. The van der Waals surface area contributed by atoms with Crippen molar-refractivity contribution in [2.24, 2.45) is 0 Å². The highest BCUT2D eigenvalue weighted by atomic mass is 19.4. The van der Waals surface area contributed by atoms with E-state index in [1.807, 2.05) is 19.9 Å². The van der Waals surface area contributed by atoms with E-state index in [1.54, 1.807) is 12.1 Å². The van der Waals surface area contributed by atoms with Crippen molar-refractivity contribution in [2.75, 3.05) is 0 Å². The molecule has 0 aliphatic heterocycles. The monoisotopic (exact) mass is 260 g/mol. The third-order valence-corrected chi connectivity index (χ3v) is 3.23. The molecule has 1 aromatic rings. The topological polar surface area (TPSA) is 20.2 Å². The zero-order valence-electron chi connectivity index (χ0n) is 10.9. The molecule has 2 atom stereocenters. The number of rotatable bonds is 4. The summed E-state index contributed by atoms with van der Waals surface area (Å²) in [5.74, 6) is 0.270. The lowest BCUT2D eigenvalue weighted by Gasteiger charge is -2.26. The fourth-order valence-electron chi connectivity index (χ4n) is 1.91. The van der Waals surface area contributed by atoms with Gasteiger partial charge in [0.25, 0.3) is 0 Å². The van der Waals surface area contributed by atoms with Gasteiger partial charge in [0, 0.05) is 0 Å². The summed E-state index contributed by atoms with van der Waals surface area (Å²) in [5, 5.41) is 9.98. The van der Waals surface area contributed by atoms with Crippen LogP contribution in [0.1, 0.15) is 50.7 Å². The second-order valence-electron chi connectivity index (χ2n) is 5.00. The summed E-state index contributed by atoms with van der Waals surface area (Å²) in [6.45, 7) is 5.24. The molecule has 102 valence electrons. The van der Waals surface area contributed by atoms with Crippen LogP contribution in [0.2, 0.25) is 0 Å². The van der Waals surface area contributed by atoms with Gasteiger partial charge in [-0.15, -0.1) is 0 Å². The highest BCUT2D eigenvalue weighted by molar-refractivity contribution is 5.30. The minimum absolute atomic E-state index is 0.270. The molecular formula is C14H19F3O. The van der Waals surface area contributed by atoms with Gasteiger partial charge in [-0.2, -0.15) is 13.2 Å². The minimum atomic E-state index is -4.38. The summed E-state index contributed by atoms with van der Waals surface area (Å²) >= 11 is 0. The molecule has 1 nitrogen and oxygen atoms in total. The Labute approximate surface area is 106 Å². The molecule has 0 aliphatic rings. The summed E-state index contributed by atoms with van der Waals surface area (Å²) in [4.78, 5) is 0. The first-order chi connectivity index (χ1) is 8.15. The molecule has 0 radical (unpaired) electrons. The van der Waals surface area contributed by atoms with E-state index in [4.69, 9.17) is 0 Å². The van der Waals surface area contributed by atoms with Gasteiger partial charge >= 0.3 is 6.18 Å². The Morgan fingerprint density at radius 1 is 1.28 bits per heavy atom. The van der Waals surface area contributed by atoms with E-state index in [0.717, 1.165) is 12.0 Å². The van der Waals surface area contributed by atoms with Gasteiger partial charge in [0.2, 0.25) is 0 Å². The second-order valence-corrected chi connectivity index (χ2v) is 5.00. The van der Waals surface area contributed by atoms with Crippen molar-refractivity contribution >= 4 is 0 Å². The molecule has 0 saturated carbocycles.